The average Bonchev–Trinajstić information content (AvgIpc) is 3.26. The van der Waals surface area contributed by atoms with Gasteiger partial charge in [0.25, 0.3) is 10.0 Å². The highest BCUT2D eigenvalue weighted by atomic mass is 35.5. The fourth-order valence-electron chi connectivity index (χ4n) is 3.67. The number of nitrogens with zero attached hydrogens (tertiary/aromatic N) is 1. The monoisotopic (exact) mass is 501 g/mol. The number of aliphatic carboxylic acids is 1. The van der Waals surface area contributed by atoms with Gasteiger partial charge >= 0.3 is 5.97 Å². The van der Waals surface area contributed by atoms with Crippen LogP contribution in [0.1, 0.15) is 11.1 Å². The minimum absolute atomic E-state index is 0.0327. The fraction of sp³-hybridized carbons (Fsp3) is 0.0870. The Hall–Kier alpha value is -3.14. The summed E-state index contributed by atoms with van der Waals surface area (Å²) in [5.41, 5.74) is 0.484. The summed E-state index contributed by atoms with van der Waals surface area (Å²) in [5, 5.41) is 10.5. The maximum absolute atomic E-state index is 13.5. The van der Waals surface area contributed by atoms with Crippen molar-refractivity contribution in [2.75, 3.05) is 6.79 Å². The van der Waals surface area contributed by atoms with Gasteiger partial charge in [0.1, 0.15) is 0 Å². The number of benzene rings is 3. The van der Waals surface area contributed by atoms with Crippen molar-refractivity contribution in [2.45, 2.75) is 16.3 Å². The number of fused-ring (bicyclic) bond motifs is 2. The molecule has 0 amide bonds. The number of hydrogen-bond acceptors (Lipinski definition) is 6. The molecular formula is C23H16ClNO6S2. The third-order valence-corrected chi connectivity index (χ3v) is 8.48. The highest BCUT2D eigenvalue weighted by Crippen LogP contribution is 2.47. The molecule has 7 nitrogen and oxygen atoms in total. The van der Waals surface area contributed by atoms with Gasteiger partial charge in [-0.3, -0.25) is 4.31 Å². The van der Waals surface area contributed by atoms with Crippen LogP contribution in [-0.4, -0.2) is 30.6 Å². The Kier molecular flexibility index (Phi) is 5.48. The number of carboxylic acids is 1. The SMILES string of the molecule is O=C(O)C1=C(Sc2ccc3c(c2)OCO3)c2ccccc2S(=O)(=O)N1Cc1ccccc1Cl. The van der Waals surface area contributed by atoms with Crippen LogP contribution >= 0.6 is 23.4 Å². The molecule has 0 saturated heterocycles. The maximum Gasteiger partial charge on any atom is 0.354 e. The molecule has 2 aliphatic heterocycles. The maximum atomic E-state index is 13.5. The van der Waals surface area contributed by atoms with Crippen LogP contribution in [-0.2, 0) is 21.4 Å². The first-order chi connectivity index (χ1) is 15.9. The van der Waals surface area contributed by atoms with E-state index in [1.807, 2.05) is 0 Å². The van der Waals surface area contributed by atoms with Gasteiger partial charge in [-0.15, -0.1) is 0 Å². The van der Waals surface area contributed by atoms with Crippen molar-refractivity contribution in [3.8, 4) is 11.5 Å². The van der Waals surface area contributed by atoms with Crippen molar-refractivity contribution >= 4 is 44.3 Å². The quantitative estimate of drug-likeness (QED) is 0.535. The largest absolute Gasteiger partial charge is 0.477 e. The van der Waals surface area contributed by atoms with E-state index in [2.05, 4.69) is 0 Å². The van der Waals surface area contributed by atoms with Gasteiger partial charge in [0.15, 0.2) is 17.2 Å². The molecule has 0 aliphatic carbocycles. The zero-order chi connectivity index (χ0) is 23.2. The van der Waals surface area contributed by atoms with Crippen LogP contribution in [0.3, 0.4) is 0 Å². The molecule has 3 aromatic rings. The molecule has 168 valence electrons. The molecule has 0 radical (unpaired) electrons. The highest BCUT2D eigenvalue weighted by molar-refractivity contribution is 8.08. The van der Waals surface area contributed by atoms with Gasteiger partial charge in [-0.1, -0.05) is 59.8 Å². The molecule has 0 spiro atoms. The Morgan fingerprint density at radius 1 is 1.03 bits per heavy atom. The smallest absolute Gasteiger partial charge is 0.354 e. The summed E-state index contributed by atoms with van der Waals surface area (Å²) in [6.45, 7) is -0.109. The summed E-state index contributed by atoms with van der Waals surface area (Å²) < 4.78 is 38.7. The lowest BCUT2D eigenvalue weighted by Crippen LogP contribution is -2.37. The summed E-state index contributed by atoms with van der Waals surface area (Å²) in [6.07, 6.45) is 0. The Bertz CT molecular complexity index is 1420. The second-order valence-corrected chi connectivity index (χ2v) is 10.5. The summed E-state index contributed by atoms with van der Waals surface area (Å²) in [6, 6.07) is 18.4. The second-order valence-electron chi connectivity index (χ2n) is 7.20. The van der Waals surface area contributed by atoms with Crippen LogP contribution in [0.15, 0.2) is 82.2 Å². The number of hydrogen-bond donors (Lipinski definition) is 1. The number of sulfonamides is 1. The van der Waals surface area contributed by atoms with E-state index < -0.39 is 16.0 Å². The first-order valence-electron chi connectivity index (χ1n) is 9.77. The predicted molar refractivity (Wildman–Crippen MR) is 124 cm³/mol. The first-order valence-corrected chi connectivity index (χ1v) is 12.4. The summed E-state index contributed by atoms with van der Waals surface area (Å²) in [5.74, 6) is -0.218. The van der Waals surface area contributed by atoms with E-state index >= 15 is 0 Å². The Morgan fingerprint density at radius 3 is 2.55 bits per heavy atom. The van der Waals surface area contributed by atoms with E-state index in [9.17, 15) is 18.3 Å². The zero-order valence-electron chi connectivity index (χ0n) is 16.9. The van der Waals surface area contributed by atoms with Crippen molar-refractivity contribution in [1.29, 1.82) is 0 Å². The Morgan fingerprint density at radius 2 is 1.76 bits per heavy atom. The van der Waals surface area contributed by atoms with E-state index in [-0.39, 0.29) is 23.9 Å². The lowest BCUT2D eigenvalue weighted by atomic mass is 10.1. The van der Waals surface area contributed by atoms with Crippen molar-refractivity contribution in [2.24, 2.45) is 0 Å². The van der Waals surface area contributed by atoms with Gasteiger partial charge in [-0.2, -0.15) is 0 Å². The van der Waals surface area contributed by atoms with Crippen molar-refractivity contribution < 1.29 is 27.8 Å². The molecule has 2 aliphatic rings. The molecule has 10 heteroatoms. The molecule has 2 heterocycles. The van der Waals surface area contributed by atoms with E-state index in [1.54, 1.807) is 60.7 Å². The number of rotatable bonds is 5. The molecule has 0 aromatic heterocycles. The van der Waals surface area contributed by atoms with Crippen LogP contribution in [0, 0.1) is 0 Å². The van der Waals surface area contributed by atoms with E-state index in [4.69, 9.17) is 21.1 Å². The Balaban J connectivity index is 1.69. The van der Waals surface area contributed by atoms with Crippen LogP contribution in [0.4, 0.5) is 0 Å². The first kappa shape index (κ1) is 21.7. The lowest BCUT2D eigenvalue weighted by molar-refractivity contribution is -0.133. The molecule has 0 fully saturated rings. The molecule has 0 saturated carbocycles. The molecule has 0 unspecified atom stereocenters. The summed E-state index contributed by atoms with van der Waals surface area (Å²) >= 11 is 7.42. The van der Waals surface area contributed by atoms with Gasteiger partial charge < -0.3 is 14.6 Å². The second kappa shape index (κ2) is 8.33. The van der Waals surface area contributed by atoms with Gasteiger partial charge in [0.2, 0.25) is 6.79 Å². The van der Waals surface area contributed by atoms with Crippen molar-refractivity contribution in [3.05, 3.63) is 88.6 Å². The number of carbonyl (C=O) groups is 1. The Labute approximate surface area is 199 Å². The van der Waals surface area contributed by atoms with Crippen LogP contribution in [0.5, 0.6) is 11.5 Å². The van der Waals surface area contributed by atoms with Crippen LogP contribution in [0.25, 0.3) is 4.91 Å². The molecule has 3 aromatic carbocycles. The van der Waals surface area contributed by atoms with Crippen LogP contribution < -0.4 is 9.47 Å². The van der Waals surface area contributed by atoms with Gasteiger partial charge in [0, 0.05) is 15.5 Å². The number of ether oxygens (including phenoxy) is 2. The lowest BCUT2D eigenvalue weighted by Gasteiger charge is -2.32. The van der Waals surface area contributed by atoms with Gasteiger partial charge in [-0.05, 0) is 35.9 Å². The van der Waals surface area contributed by atoms with Gasteiger partial charge in [-0.25, -0.2) is 13.2 Å². The normalized spacial score (nSPS) is 16.0. The average molecular weight is 502 g/mol. The van der Waals surface area contributed by atoms with Gasteiger partial charge in [0.05, 0.1) is 16.3 Å². The molecule has 0 atom stereocenters. The standard InChI is InChI=1S/C23H16ClNO6S2/c24-17-7-3-1-5-14(17)12-25-21(23(26)27)22(16-6-2-4-8-20(16)33(25,28)29)32-15-9-10-18-19(11-15)31-13-30-18/h1-11H,12-13H2,(H,26,27). The minimum atomic E-state index is -4.15. The van der Waals surface area contributed by atoms with Crippen LogP contribution in [0.2, 0.25) is 5.02 Å². The number of halogens is 1. The zero-order valence-corrected chi connectivity index (χ0v) is 19.3. The van der Waals surface area contributed by atoms with Crippen molar-refractivity contribution in [1.82, 2.24) is 4.31 Å². The topological polar surface area (TPSA) is 93.1 Å². The summed E-state index contributed by atoms with van der Waals surface area (Å²) in [7, 11) is -4.15. The highest BCUT2D eigenvalue weighted by Gasteiger charge is 2.40. The predicted octanol–water partition coefficient (Wildman–Crippen LogP) is 4.82. The van der Waals surface area contributed by atoms with E-state index in [0.29, 0.717) is 37.4 Å². The molecule has 33 heavy (non-hydrogen) atoms. The third kappa shape index (κ3) is 3.82. The number of thioether (sulfide) groups is 1. The molecule has 0 bridgehead atoms. The third-order valence-electron chi connectivity index (χ3n) is 5.20. The molecule has 1 N–H and O–H groups in total. The van der Waals surface area contributed by atoms with E-state index in [0.717, 1.165) is 16.1 Å². The molecule has 5 rings (SSSR count). The number of carboxylic acid groups (broad SMARTS) is 1. The minimum Gasteiger partial charge on any atom is -0.477 e. The summed E-state index contributed by atoms with van der Waals surface area (Å²) in [4.78, 5) is 13.5. The fourth-order valence-corrected chi connectivity index (χ4v) is 6.76. The van der Waals surface area contributed by atoms with E-state index in [1.165, 1.54) is 6.07 Å². The van der Waals surface area contributed by atoms with Crippen molar-refractivity contribution in [3.63, 3.8) is 0 Å². The molecular weight excluding hydrogens is 486 g/mol.